The van der Waals surface area contributed by atoms with E-state index in [0.29, 0.717) is 6.42 Å². The molecule has 1 aliphatic carbocycles. The topological polar surface area (TPSA) is 172 Å². The Balaban J connectivity index is 2.08. The Morgan fingerprint density at radius 1 is 0.909 bits per heavy atom. The number of hydrogen-bond acceptors (Lipinski definition) is 9. The van der Waals surface area contributed by atoms with Crippen molar-refractivity contribution in [2.24, 2.45) is 11.5 Å². The van der Waals surface area contributed by atoms with Gasteiger partial charge in [-0.25, -0.2) is 0 Å². The summed E-state index contributed by atoms with van der Waals surface area (Å²) in [6, 6.07) is -1.33. The fourth-order valence-corrected chi connectivity index (χ4v) is 2.99. The van der Waals surface area contributed by atoms with E-state index >= 15 is 0 Å². The van der Waals surface area contributed by atoms with E-state index in [0.717, 1.165) is 0 Å². The first-order valence-electron chi connectivity index (χ1n) is 7.50. The van der Waals surface area contributed by atoms with Crippen molar-refractivity contribution in [1.29, 1.82) is 0 Å². The van der Waals surface area contributed by atoms with Crippen LogP contribution < -0.4 is 11.5 Å². The molecule has 9 nitrogen and oxygen atoms in total. The smallest absolute Gasteiger partial charge is 0.187 e. The van der Waals surface area contributed by atoms with Crippen molar-refractivity contribution in [3.63, 3.8) is 0 Å². The van der Waals surface area contributed by atoms with E-state index in [-0.39, 0.29) is 6.42 Å². The molecule has 1 aliphatic heterocycles. The van der Waals surface area contributed by atoms with Gasteiger partial charge < -0.3 is 46.5 Å². The van der Waals surface area contributed by atoms with E-state index in [1.807, 2.05) is 0 Å². The Hall–Kier alpha value is -0.360. The van der Waals surface area contributed by atoms with Gasteiger partial charge in [0.05, 0.1) is 12.2 Å². The fourth-order valence-electron chi connectivity index (χ4n) is 2.99. The minimum absolute atomic E-state index is 0.230. The highest BCUT2D eigenvalue weighted by atomic mass is 16.7. The van der Waals surface area contributed by atoms with Gasteiger partial charge in [0.25, 0.3) is 0 Å². The Labute approximate surface area is 128 Å². The molecule has 0 aromatic rings. The quantitative estimate of drug-likeness (QED) is 0.277. The van der Waals surface area contributed by atoms with Gasteiger partial charge in [-0.3, -0.25) is 0 Å². The van der Waals surface area contributed by atoms with Crippen molar-refractivity contribution in [3.8, 4) is 0 Å². The minimum atomic E-state index is -1.50. The van der Waals surface area contributed by atoms with Crippen molar-refractivity contribution < 1.29 is 35.0 Å². The van der Waals surface area contributed by atoms with Crippen LogP contribution in [-0.2, 0) is 9.47 Å². The predicted molar refractivity (Wildman–Crippen MR) is 74.4 cm³/mol. The summed E-state index contributed by atoms with van der Waals surface area (Å²) < 4.78 is 10.9. The number of rotatable bonds is 3. The Kier molecular flexibility index (Phi) is 5.75. The zero-order chi connectivity index (χ0) is 16.6. The second kappa shape index (κ2) is 7.04. The van der Waals surface area contributed by atoms with Crippen LogP contribution in [0, 0.1) is 0 Å². The summed E-state index contributed by atoms with van der Waals surface area (Å²) in [5, 5.41) is 49.5. The van der Waals surface area contributed by atoms with Crippen LogP contribution in [0.5, 0.6) is 0 Å². The minimum Gasteiger partial charge on any atom is -0.389 e. The van der Waals surface area contributed by atoms with Gasteiger partial charge in [0.1, 0.15) is 30.5 Å². The monoisotopic (exact) mass is 322 g/mol. The maximum Gasteiger partial charge on any atom is 0.187 e. The first-order valence-corrected chi connectivity index (χ1v) is 7.50. The number of ether oxygens (including phenoxy) is 2. The molecule has 1 saturated heterocycles. The molecule has 9 N–H and O–H groups in total. The molecule has 0 amide bonds. The zero-order valence-corrected chi connectivity index (χ0v) is 12.4. The van der Waals surface area contributed by atoms with Crippen molar-refractivity contribution in [2.75, 3.05) is 0 Å². The van der Waals surface area contributed by atoms with Gasteiger partial charge in [-0.2, -0.15) is 0 Å². The summed E-state index contributed by atoms with van der Waals surface area (Å²) in [6.07, 6.45) is -9.06. The van der Waals surface area contributed by atoms with Crippen LogP contribution >= 0.6 is 0 Å². The number of nitrogens with two attached hydrogens (primary N) is 2. The van der Waals surface area contributed by atoms with Gasteiger partial charge in [-0.15, -0.1) is 0 Å². The maximum absolute atomic E-state index is 10.1. The van der Waals surface area contributed by atoms with Gasteiger partial charge in [0.2, 0.25) is 0 Å². The highest BCUT2D eigenvalue weighted by molar-refractivity contribution is 4.98. The molecule has 1 saturated carbocycles. The van der Waals surface area contributed by atoms with Crippen LogP contribution in [0.3, 0.4) is 0 Å². The molecule has 0 aromatic carbocycles. The largest absolute Gasteiger partial charge is 0.389 e. The molecular formula is C13H26N2O7. The summed E-state index contributed by atoms with van der Waals surface area (Å²) in [5.41, 5.74) is 11.6. The van der Waals surface area contributed by atoms with Crippen molar-refractivity contribution in [2.45, 2.75) is 80.9 Å². The van der Waals surface area contributed by atoms with Gasteiger partial charge in [0, 0.05) is 12.1 Å². The maximum atomic E-state index is 10.1. The van der Waals surface area contributed by atoms with Crippen molar-refractivity contribution >= 4 is 0 Å². The van der Waals surface area contributed by atoms with E-state index < -0.39 is 61.1 Å². The average Bonchev–Trinajstić information content (AvgIpc) is 2.49. The van der Waals surface area contributed by atoms with E-state index in [9.17, 15) is 25.5 Å². The molecule has 1 heterocycles. The van der Waals surface area contributed by atoms with Gasteiger partial charge in [0.15, 0.2) is 6.29 Å². The summed E-state index contributed by atoms with van der Waals surface area (Å²) in [6.45, 7) is 1.75. The highest BCUT2D eigenvalue weighted by Crippen LogP contribution is 2.28. The van der Waals surface area contributed by atoms with Crippen LogP contribution in [0.25, 0.3) is 0 Å². The second-order valence-electron chi connectivity index (χ2n) is 6.07. The first kappa shape index (κ1) is 18.0. The van der Waals surface area contributed by atoms with E-state index in [4.69, 9.17) is 20.9 Å². The summed E-state index contributed by atoms with van der Waals surface area (Å²) >= 11 is 0. The molecule has 130 valence electrons. The van der Waals surface area contributed by atoms with Crippen LogP contribution in [0.4, 0.5) is 0 Å². The molecule has 2 fully saturated rings. The van der Waals surface area contributed by atoms with Crippen LogP contribution in [0.15, 0.2) is 0 Å². The second-order valence-corrected chi connectivity index (χ2v) is 6.07. The predicted octanol–water partition coefficient (Wildman–Crippen LogP) is -3.63. The lowest BCUT2D eigenvalue weighted by Gasteiger charge is -2.45. The van der Waals surface area contributed by atoms with Gasteiger partial charge >= 0.3 is 0 Å². The van der Waals surface area contributed by atoms with Crippen LogP contribution in [-0.4, -0.2) is 86.6 Å². The average molecular weight is 322 g/mol. The van der Waals surface area contributed by atoms with Crippen molar-refractivity contribution in [1.82, 2.24) is 0 Å². The SMILES string of the molecule is CCC1OC(OC2C(N)CC(N)C(O)C2O)C(O)C(O)C1O. The molecule has 2 rings (SSSR count). The number of aliphatic hydroxyl groups excluding tert-OH is 5. The molecule has 10 unspecified atom stereocenters. The van der Waals surface area contributed by atoms with Crippen LogP contribution in [0.1, 0.15) is 19.8 Å². The summed E-state index contributed by atoms with van der Waals surface area (Å²) in [5.74, 6) is 0. The van der Waals surface area contributed by atoms with E-state index in [1.54, 1.807) is 6.92 Å². The zero-order valence-electron chi connectivity index (χ0n) is 12.4. The normalized spacial score (nSPS) is 53.5. The van der Waals surface area contributed by atoms with Crippen LogP contribution in [0.2, 0.25) is 0 Å². The molecule has 22 heavy (non-hydrogen) atoms. The molecule has 0 spiro atoms. The highest BCUT2D eigenvalue weighted by Gasteiger charge is 2.48. The van der Waals surface area contributed by atoms with Gasteiger partial charge in [-0.05, 0) is 12.8 Å². The van der Waals surface area contributed by atoms with E-state index in [1.165, 1.54) is 0 Å². The molecule has 0 aromatic heterocycles. The third-order valence-electron chi connectivity index (χ3n) is 4.45. The lowest BCUT2D eigenvalue weighted by atomic mass is 9.84. The first-order chi connectivity index (χ1) is 10.3. The molecular weight excluding hydrogens is 296 g/mol. The fraction of sp³-hybridized carbons (Fsp3) is 1.00. The third-order valence-corrected chi connectivity index (χ3v) is 4.45. The molecule has 0 bridgehead atoms. The number of aliphatic hydroxyl groups is 5. The Morgan fingerprint density at radius 3 is 2.14 bits per heavy atom. The van der Waals surface area contributed by atoms with E-state index in [2.05, 4.69) is 0 Å². The third kappa shape index (κ3) is 3.28. The summed E-state index contributed by atoms with van der Waals surface area (Å²) in [7, 11) is 0. The number of hydrogen-bond donors (Lipinski definition) is 7. The molecule has 10 atom stereocenters. The lowest BCUT2D eigenvalue weighted by Crippen LogP contribution is -2.65. The summed E-state index contributed by atoms with van der Waals surface area (Å²) in [4.78, 5) is 0. The lowest BCUT2D eigenvalue weighted by molar-refractivity contribution is -0.320. The molecule has 0 radical (unpaired) electrons. The standard InChI is InChI=1S/C13H26N2O7/c1-2-6-8(17)9(18)11(20)13(21-6)22-12-5(15)3-4(14)7(16)10(12)19/h4-13,16-20H,2-3,14-15H2,1H3. The molecule has 2 aliphatic rings. The van der Waals surface area contributed by atoms with Gasteiger partial charge in [-0.1, -0.05) is 6.92 Å². The molecule has 9 heteroatoms. The Morgan fingerprint density at radius 2 is 1.55 bits per heavy atom. The Bertz CT molecular complexity index is 372. The van der Waals surface area contributed by atoms with Crippen molar-refractivity contribution in [3.05, 3.63) is 0 Å².